The monoisotopic (exact) mass is 259 g/mol. The quantitative estimate of drug-likeness (QED) is 0.899. The minimum atomic E-state index is 0.512. The van der Waals surface area contributed by atoms with Crippen LogP contribution in [0.5, 0.6) is 5.75 Å². The molecule has 1 aliphatic heterocycles. The molecule has 1 heterocycles. The van der Waals surface area contributed by atoms with E-state index in [0.29, 0.717) is 21.7 Å². The minimum Gasteiger partial charge on any atom is -0.492 e. The van der Waals surface area contributed by atoms with Crippen molar-refractivity contribution < 1.29 is 4.74 Å². The van der Waals surface area contributed by atoms with E-state index in [1.807, 2.05) is 12.1 Å². The van der Waals surface area contributed by atoms with Gasteiger partial charge in [0.25, 0.3) is 0 Å². The summed E-state index contributed by atoms with van der Waals surface area (Å²) < 4.78 is 5.71. The van der Waals surface area contributed by atoms with E-state index in [2.05, 4.69) is 5.32 Å². The van der Waals surface area contributed by atoms with Crippen molar-refractivity contribution in [3.05, 3.63) is 28.2 Å². The fourth-order valence-corrected chi connectivity index (χ4v) is 2.20. The van der Waals surface area contributed by atoms with Crippen molar-refractivity contribution in [3.63, 3.8) is 0 Å². The predicted octanol–water partition coefficient (Wildman–Crippen LogP) is 3.37. The Hall–Kier alpha value is -0.440. The van der Waals surface area contributed by atoms with Crippen LogP contribution in [0, 0.1) is 5.92 Å². The molecule has 1 fully saturated rings. The minimum absolute atomic E-state index is 0.512. The van der Waals surface area contributed by atoms with Crippen LogP contribution in [0.3, 0.4) is 0 Å². The number of ether oxygens (including phenoxy) is 1. The van der Waals surface area contributed by atoms with Gasteiger partial charge in [-0.15, -0.1) is 0 Å². The molecule has 88 valence electrons. The third-order valence-corrected chi connectivity index (χ3v) is 3.65. The van der Waals surface area contributed by atoms with Crippen molar-refractivity contribution in [3.8, 4) is 5.75 Å². The van der Waals surface area contributed by atoms with Crippen LogP contribution >= 0.6 is 23.2 Å². The molecule has 0 aromatic heterocycles. The normalized spacial score (nSPS) is 17.4. The lowest BCUT2D eigenvalue weighted by Crippen LogP contribution is -2.30. The zero-order chi connectivity index (χ0) is 11.4. The molecule has 2 rings (SSSR count). The van der Waals surface area contributed by atoms with E-state index >= 15 is 0 Å². The Balaban J connectivity index is 1.91. The van der Waals surface area contributed by atoms with Crippen LogP contribution in [0.1, 0.15) is 12.8 Å². The van der Waals surface area contributed by atoms with E-state index in [0.717, 1.165) is 32.5 Å². The standard InChI is InChI=1S/C12H15Cl2NO/c13-10-2-1-3-11(12(10)14)16-8-9-4-6-15-7-5-9/h1-3,9,15H,4-8H2. The van der Waals surface area contributed by atoms with E-state index in [-0.39, 0.29) is 0 Å². The van der Waals surface area contributed by atoms with Crippen LogP contribution in [0.15, 0.2) is 18.2 Å². The molecule has 0 bridgehead atoms. The van der Waals surface area contributed by atoms with Crippen molar-refractivity contribution in [2.75, 3.05) is 19.7 Å². The van der Waals surface area contributed by atoms with Crippen LogP contribution in [0.2, 0.25) is 10.0 Å². The Labute approximate surface area is 106 Å². The van der Waals surface area contributed by atoms with Gasteiger partial charge >= 0.3 is 0 Å². The number of rotatable bonds is 3. The summed E-state index contributed by atoms with van der Waals surface area (Å²) in [4.78, 5) is 0. The first-order chi connectivity index (χ1) is 7.77. The first-order valence-electron chi connectivity index (χ1n) is 5.55. The Kier molecular flexibility index (Phi) is 4.33. The van der Waals surface area contributed by atoms with Gasteiger partial charge in [0.05, 0.1) is 11.6 Å². The third-order valence-electron chi connectivity index (χ3n) is 2.85. The summed E-state index contributed by atoms with van der Waals surface area (Å²) in [6, 6.07) is 5.47. The zero-order valence-corrected chi connectivity index (χ0v) is 10.5. The fourth-order valence-electron chi connectivity index (χ4n) is 1.85. The van der Waals surface area contributed by atoms with Crippen molar-refractivity contribution in [2.45, 2.75) is 12.8 Å². The highest BCUT2D eigenvalue weighted by atomic mass is 35.5. The Bertz CT molecular complexity index is 351. The summed E-state index contributed by atoms with van der Waals surface area (Å²) in [5, 5.41) is 4.39. The van der Waals surface area contributed by atoms with Gasteiger partial charge < -0.3 is 10.1 Å². The van der Waals surface area contributed by atoms with Crippen LogP contribution < -0.4 is 10.1 Å². The van der Waals surface area contributed by atoms with E-state index in [9.17, 15) is 0 Å². The van der Waals surface area contributed by atoms with Crippen molar-refractivity contribution in [1.82, 2.24) is 5.32 Å². The molecule has 0 unspecified atom stereocenters. The first kappa shape index (κ1) is 12.0. The van der Waals surface area contributed by atoms with Crippen LogP contribution in [-0.4, -0.2) is 19.7 Å². The SMILES string of the molecule is Clc1cccc(OCC2CCNCC2)c1Cl. The number of piperidine rings is 1. The molecular formula is C12H15Cl2NO. The van der Waals surface area contributed by atoms with Gasteiger partial charge in [-0.2, -0.15) is 0 Å². The summed E-state index contributed by atoms with van der Waals surface area (Å²) in [5.41, 5.74) is 0. The highest BCUT2D eigenvalue weighted by molar-refractivity contribution is 6.42. The van der Waals surface area contributed by atoms with E-state index in [4.69, 9.17) is 27.9 Å². The number of hydrogen-bond donors (Lipinski definition) is 1. The van der Waals surface area contributed by atoms with Crippen molar-refractivity contribution in [2.24, 2.45) is 5.92 Å². The third kappa shape index (κ3) is 3.03. The topological polar surface area (TPSA) is 21.3 Å². The Morgan fingerprint density at radius 3 is 2.75 bits per heavy atom. The molecule has 16 heavy (non-hydrogen) atoms. The number of hydrogen-bond acceptors (Lipinski definition) is 2. The molecule has 4 heteroatoms. The summed E-state index contributed by atoms with van der Waals surface area (Å²) in [6.07, 6.45) is 2.33. The molecule has 1 aromatic rings. The van der Waals surface area contributed by atoms with Crippen LogP contribution in [-0.2, 0) is 0 Å². The molecule has 0 spiro atoms. The molecule has 0 aliphatic carbocycles. The maximum atomic E-state index is 6.04. The molecule has 1 saturated heterocycles. The van der Waals surface area contributed by atoms with E-state index in [1.165, 1.54) is 0 Å². The van der Waals surface area contributed by atoms with E-state index < -0.39 is 0 Å². The smallest absolute Gasteiger partial charge is 0.139 e. The lowest BCUT2D eigenvalue weighted by Gasteiger charge is -2.22. The predicted molar refractivity (Wildman–Crippen MR) is 67.6 cm³/mol. The lowest BCUT2D eigenvalue weighted by molar-refractivity contribution is 0.215. The molecule has 1 N–H and O–H groups in total. The first-order valence-corrected chi connectivity index (χ1v) is 6.30. The van der Waals surface area contributed by atoms with Gasteiger partial charge in [-0.05, 0) is 44.0 Å². The van der Waals surface area contributed by atoms with Gasteiger partial charge in [0.1, 0.15) is 10.8 Å². The second-order valence-corrected chi connectivity index (χ2v) is 4.84. The lowest BCUT2D eigenvalue weighted by atomic mass is 9.99. The van der Waals surface area contributed by atoms with Gasteiger partial charge in [0.2, 0.25) is 0 Å². The molecule has 1 aromatic carbocycles. The molecule has 0 radical (unpaired) electrons. The number of nitrogens with one attached hydrogen (secondary N) is 1. The van der Waals surface area contributed by atoms with Gasteiger partial charge in [-0.1, -0.05) is 29.3 Å². The van der Waals surface area contributed by atoms with Gasteiger partial charge in [-0.3, -0.25) is 0 Å². The maximum absolute atomic E-state index is 6.04. The summed E-state index contributed by atoms with van der Waals surface area (Å²) in [7, 11) is 0. The summed E-state index contributed by atoms with van der Waals surface area (Å²) in [6.45, 7) is 2.89. The van der Waals surface area contributed by atoms with Gasteiger partial charge in [-0.25, -0.2) is 0 Å². The average molecular weight is 260 g/mol. The highest BCUT2D eigenvalue weighted by Crippen LogP contribution is 2.32. The van der Waals surface area contributed by atoms with Crippen molar-refractivity contribution in [1.29, 1.82) is 0 Å². The van der Waals surface area contributed by atoms with Crippen molar-refractivity contribution >= 4 is 23.2 Å². The fraction of sp³-hybridized carbons (Fsp3) is 0.500. The zero-order valence-electron chi connectivity index (χ0n) is 9.01. The Morgan fingerprint density at radius 2 is 2.00 bits per heavy atom. The highest BCUT2D eigenvalue weighted by Gasteiger charge is 2.14. The molecule has 0 atom stereocenters. The van der Waals surface area contributed by atoms with Gasteiger partial charge in [0.15, 0.2) is 0 Å². The van der Waals surface area contributed by atoms with Crippen LogP contribution in [0.4, 0.5) is 0 Å². The van der Waals surface area contributed by atoms with Crippen LogP contribution in [0.25, 0.3) is 0 Å². The largest absolute Gasteiger partial charge is 0.492 e. The van der Waals surface area contributed by atoms with E-state index in [1.54, 1.807) is 6.07 Å². The molecule has 1 aliphatic rings. The second kappa shape index (κ2) is 5.76. The maximum Gasteiger partial charge on any atom is 0.139 e. The average Bonchev–Trinajstić information content (AvgIpc) is 2.32. The van der Waals surface area contributed by atoms with Gasteiger partial charge in [0, 0.05) is 0 Å². The molecular weight excluding hydrogens is 245 g/mol. The second-order valence-electron chi connectivity index (χ2n) is 4.06. The molecule has 0 amide bonds. The number of halogens is 2. The molecule has 2 nitrogen and oxygen atoms in total. The Morgan fingerprint density at radius 1 is 1.25 bits per heavy atom. The summed E-state index contributed by atoms with van der Waals surface area (Å²) in [5.74, 6) is 1.31. The summed E-state index contributed by atoms with van der Waals surface area (Å²) >= 11 is 12.0. The molecule has 0 saturated carbocycles. The number of benzene rings is 1.